The van der Waals surface area contributed by atoms with Crippen molar-refractivity contribution in [2.45, 2.75) is 194 Å². The summed E-state index contributed by atoms with van der Waals surface area (Å²) in [5, 5.41) is 0. The van der Waals surface area contributed by atoms with E-state index in [0.29, 0.717) is 0 Å². The second-order valence-electron chi connectivity index (χ2n) is 10.9. The van der Waals surface area contributed by atoms with E-state index in [1.807, 2.05) is 0 Å². The van der Waals surface area contributed by atoms with Crippen molar-refractivity contribution < 1.29 is 0 Å². The Hall–Kier alpha value is 1.05. The molecular weight excluding hydrogens is 481 g/mol. The van der Waals surface area contributed by atoms with Crippen LogP contribution in [0.1, 0.15) is 194 Å². The zero-order valence-electron chi connectivity index (χ0n) is 24.4. The van der Waals surface area contributed by atoms with Gasteiger partial charge in [-0.25, -0.2) is 0 Å². The first-order valence-corrected chi connectivity index (χ1v) is 20.1. The van der Waals surface area contributed by atoms with Crippen molar-refractivity contribution in [3.63, 3.8) is 0 Å². The Morgan fingerprint density at radius 1 is 0.257 bits per heavy atom. The third kappa shape index (κ3) is 35.0. The third-order valence-corrected chi connectivity index (χ3v) is 11.7. The molecule has 0 amide bonds. The first-order valence-electron chi connectivity index (χ1n) is 16.3. The second kappa shape index (κ2) is 35.0. The molecule has 0 bridgehead atoms. The Kier molecular flexibility index (Phi) is 36.1. The maximum Gasteiger partial charge on any atom is 0.00451 e. The summed E-state index contributed by atoms with van der Waals surface area (Å²) >= 11 is 0. The maximum atomic E-state index is 2.30. The summed E-state index contributed by atoms with van der Waals surface area (Å²) in [6.45, 7) is 4.61. The molecule has 0 aliphatic carbocycles. The van der Waals surface area contributed by atoms with E-state index in [0.717, 1.165) is 0 Å². The van der Waals surface area contributed by atoms with Crippen molar-refractivity contribution >= 4 is 31.4 Å². The largest absolute Gasteiger partial charge is 0.0826 e. The first-order chi connectivity index (χ1) is 17.4. The van der Waals surface area contributed by atoms with Gasteiger partial charge in [0.2, 0.25) is 0 Å². The summed E-state index contributed by atoms with van der Waals surface area (Å²) in [4.78, 5) is 0. The average Bonchev–Trinajstić information content (AvgIpc) is 2.87. The molecular formula is C32H66S3. The molecule has 35 heavy (non-hydrogen) atoms. The summed E-state index contributed by atoms with van der Waals surface area (Å²) in [6.07, 6.45) is 40.9. The van der Waals surface area contributed by atoms with Crippen LogP contribution in [0.2, 0.25) is 0 Å². The van der Waals surface area contributed by atoms with Crippen molar-refractivity contribution in [3.05, 3.63) is 0 Å². The summed E-state index contributed by atoms with van der Waals surface area (Å²) in [5.74, 6) is 2.71. The van der Waals surface area contributed by atoms with E-state index in [1.165, 1.54) is 191 Å². The van der Waals surface area contributed by atoms with Crippen molar-refractivity contribution in [2.75, 3.05) is 11.5 Å². The standard InChI is InChI=1S/C32H66S3/c1-3-5-7-9-11-13-15-17-19-21-23-25-27-29-31-33-35-34-32-30-28-26-24-22-20-18-16-14-12-10-8-6-4-2/h3-32H2,1-2H3. The third-order valence-electron chi connectivity index (χ3n) is 7.26. The topological polar surface area (TPSA) is 0 Å². The van der Waals surface area contributed by atoms with Gasteiger partial charge in [0.1, 0.15) is 0 Å². The molecule has 212 valence electrons. The monoisotopic (exact) mass is 546 g/mol. The molecule has 0 aliphatic heterocycles. The quantitative estimate of drug-likeness (QED) is 0.0608. The van der Waals surface area contributed by atoms with Crippen LogP contribution in [0.3, 0.4) is 0 Å². The molecule has 0 atom stereocenters. The molecule has 0 rings (SSSR count). The lowest BCUT2D eigenvalue weighted by Crippen LogP contribution is -1.84. The molecule has 0 unspecified atom stereocenters. The molecule has 0 nitrogen and oxygen atoms in total. The Labute approximate surface area is 235 Å². The van der Waals surface area contributed by atoms with Crippen molar-refractivity contribution in [1.29, 1.82) is 0 Å². The molecule has 0 aromatic carbocycles. The molecule has 0 aromatic rings. The smallest absolute Gasteiger partial charge is 0.00451 e. The summed E-state index contributed by atoms with van der Waals surface area (Å²) in [7, 11) is 6.26. The SMILES string of the molecule is CCCCCCCCCCCCCCCCSSSCCCCCCCCCCCCCCCC. The van der Waals surface area contributed by atoms with E-state index >= 15 is 0 Å². The molecule has 0 radical (unpaired) electrons. The lowest BCUT2D eigenvalue weighted by atomic mass is 10.0. The fourth-order valence-electron chi connectivity index (χ4n) is 4.81. The van der Waals surface area contributed by atoms with Gasteiger partial charge in [-0.1, -0.05) is 202 Å². The molecule has 0 spiro atoms. The van der Waals surface area contributed by atoms with Gasteiger partial charge in [0, 0.05) is 11.5 Å². The van der Waals surface area contributed by atoms with Gasteiger partial charge in [0.15, 0.2) is 0 Å². The van der Waals surface area contributed by atoms with Crippen LogP contribution in [0, 0.1) is 0 Å². The maximum absolute atomic E-state index is 2.30. The Balaban J connectivity index is 3.00. The second-order valence-corrected chi connectivity index (χ2v) is 15.4. The first kappa shape index (κ1) is 36.0. The lowest BCUT2D eigenvalue weighted by molar-refractivity contribution is 0.538. The summed E-state index contributed by atoms with van der Waals surface area (Å²) in [6, 6.07) is 0. The van der Waals surface area contributed by atoms with E-state index in [9.17, 15) is 0 Å². The van der Waals surface area contributed by atoms with E-state index < -0.39 is 0 Å². The molecule has 0 saturated carbocycles. The lowest BCUT2D eigenvalue weighted by Gasteiger charge is -2.04. The van der Waals surface area contributed by atoms with Crippen LogP contribution < -0.4 is 0 Å². The van der Waals surface area contributed by atoms with Crippen LogP contribution in [0.4, 0.5) is 0 Å². The highest BCUT2D eigenvalue weighted by atomic mass is 33.5. The number of rotatable bonds is 32. The minimum atomic E-state index is 1.36. The van der Waals surface area contributed by atoms with Crippen LogP contribution >= 0.6 is 31.4 Å². The summed E-state index contributed by atoms with van der Waals surface area (Å²) < 4.78 is 0. The summed E-state index contributed by atoms with van der Waals surface area (Å²) in [5.41, 5.74) is 0. The zero-order chi connectivity index (χ0) is 25.3. The van der Waals surface area contributed by atoms with Crippen LogP contribution in [0.25, 0.3) is 0 Å². The normalized spacial score (nSPS) is 11.5. The van der Waals surface area contributed by atoms with Gasteiger partial charge in [-0.15, -0.1) is 0 Å². The Morgan fingerprint density at radius 3 is 0.686 bits per heavy atom. The fourth-order valence-corrected chi connectivity index (χ4v) is 8.82. The van der Waals surface area contributed by atoms with Crippen LogP contribution in [0.5, 0.6) is 0 Å². The molecule has 0 aliphatic rings. The Bertz CT molecular complexity index is 316. The fraction of sp³-hybridized carbons (Fsp3) is 1.00. The number of unbranched alkanes of at least 4 members (excludes halogenated alkanes) is 26. The minimum absolute atomic E-state index is 1.36. The molecule has 0 heterocycles. The van der Waals surface area contributed by atoms with Crippen molar-refractivity contribution in [1.82, 2.24) is 0 Å². The zero-order valence-corrected chi connectivity index (χ0v) is 26.9. The average molecular weight is 547 g/mol. The van der Waals surface area contributed by atoms with Gasteiger partial charge in [-0.2, -0.15) is 0 Å². The van der Waals surface area contributed by atoms with E-state index in [2.05, 4.69) is 45.3 Å². The van der Waals surface area contributed by atoms with Crippen molar-refractivity contribution in [2.24, 2.45) is 0 Å². The van der Waals surface area contributed by atoms with Crippen LogP contribution in [-0.2, 0) is 0 Å². The molecule has 0 aromatic heterocycles. The van der Waals surface area contributed by atoms with Gasteiger partial charge in [0.25, 0.3) is 0 Å². The molecule has 0 N–H and O–H groups in total. The molecule has 3 heteroatoms. The van der Waals surface area contributed by atoms with E-state index in [1.54, 1.807) is 0 Å². The predicted molar refractivity (Wildman–Crippen MR) is 173 cm³/mol. The highest BCUT2D eigenvalue weighted by Gasteiger charge is 1.97. The Morgan fingerprint density at radius 2 is 0.457 bits per heavy atom. The van der Waals surface area contributed by atoms with Gasteiger partial charge < -0.3 is 0 Å². The van der Waals surface area contributed by atoms with E-state index in [4.69, 9.17) is 0 Å². The van der Waals surface area contributed by atoms with Crippen LogP contribution in [0.15, 0.2) is 0 Å². The van der Waals surface area contributed by atoms with Crippen molar-refractivity contribution in [3.8, 4) is 0 Å². The van der Waals surface area contributed by atoms with Crippen LogP contribution in [-0.4, -0.2) is 11.5 Å². The van der Waals surface area contributed by atoms with Gasteiger partial charge in [-0.3, -0.25) is 0 Å². The van der Waals surface area contributed by atoms with Gasteiger partial charge >= 0.3 is 0 Å². The number of hydrogen-bond donors (Lipinski definition) is 0. The molecule has 0 saturated heterocycles. The highest BCUT2D eigenvalue weighted by molar-refractivity contribution is 9.09. The van der Waals surface area contributed by atoms with Gasteiger partial charge in [-0.05, 0) is 22.7 Å². The van der Waals surface area contributed by atoms with E-state index in [-0.39, 0.29) is 0 Å². The molecule has 0 fully saturated rings. The van der Waals surface area contributed by atoms with Gasteiger partial charge in [0.05, 0.1) is 0 Å². The minimum Gasteiger partial charge on any atom is -0.0826 e. The number of hydrogen-bond acceptors (Lipinski definition) is 3. The predicted octanol–water partition coefficient (Wildman–Crippen LogP) is 14.0. The highest BCUT2D eigenvalue weighted by Crippen LogP contribution is 2.35.